The maximum Gasteiger partial charge on any atom is 0.0206 e. The second-order valence-electron chi connectivity index (χ2n) is 6.96. The van der Waals surface area contributed by atoms with Crippen molar-refractivity contribution in [1.29, 1.82) is 0 Å². The Balaban J connectivity index is 1.68. The Hall–Kier alpha value is -0.700. The fraction of sp³-hybridized carbons (Fsp3) is 0.800. The lowest BCUT2D eigenvalue weighted by Gasteiger charge is -2.25. The van der Waals surface area contributed by atoms with Gasteiger partial charge in [-0.15, -0.1) is 0 Å². The van der Waals surface area contributed by atoms with Crippen LogP contribution in [-0.4, -0.2) is 0 Å². The lowest BCUT2D eigenvalue weighted by atomic mass is 9.80. The summed E-state index contributed by atoms with van der Waals surface area (Å²) in [6.45, 7) is 4.66. The molecule has 0 amide bonds. The van der Waals surface area contributed by atoms with Gasteiger partial charge in [-0.25, -0.2) is 0 Å². The van der Waals surface area contributed by atoms with Crippen LogP contribution in [0.15, 0.2) is 12.2 Å². The minimum Gasteiger partial charge on any atom is -0.0951 e. The molecule has 20 heavy (non-hydrogen) atoms. The smallest absolute Gasteiger partial charge is 0.0206 e. The van der Waals surface area contributed by atoms with E-state index in [2.05, 4.69) is 37.8 Å². The van der Waals surface area contributed by atoms with Crippen LogP contribution >= 0.6 is 0 Å². The van der Waals surface area contributed by atoms with Crippen molar-refractivity contribution in [2.75, 3.05) is 0 Å². The van der Waals surface area contributed by atoms with Gasteiger partial charge in [-0.1, -0.05) is 44.6 Å². The van der Waals surface area contributed by atoms with E-state index in [4.69, 9.17) is 0 Å². The highest BCUT2D eigenvalue weighted by atomic mass is 14.2. The molecule has 2 fully saturated rings. The molecular weight excluding hydrogens is 240 g/mol. The molecule has 2 rings (SSSR count). The predicted molar refractivity (Wildman–Crippen MR) is 88.4 cm³/mol. The molecule has 112 valence electrons. The molecule has 0 nitrogen and oxygen atoms in total. The van der Waals surface area contributed by atoms with Gasteiger partial charge in [0.1, 0.15) is 0 Å². The van der Waals surface area contributed by atoms with Crippen LogP contribution in [0.1, 0.15) is 78.1 Å². The molecule has 0 atom stereocenters. The SMILES string of the molecule is CC[C@H]1CC[C@H](C#C/C=C/[C@H]2CC[C@H](CC)CC2)CC1. The summed E-state index contributed by atoms with van der Waals surface area (Å²) in [5.41, 5.74) is 0. The first-order valence-electron chi connectivity index (χ1n) is 8.99. The zero-order chi connectivity index (χ0) is 14.2. The summed E-state index contributed by atoms with van der Waals surface area (Å²) in [5.74, 6) is 10.3. The Morgan fingerprint density at radius 2 is 1.35 bits per heavy atom. The molecule has 2 saturated carbocycles. The van der Waals surface area contributed by atoms with Crippen LogP contribution in [0.5, 0.6) is 0 Å². The van der Waals surface area contributed by atoms with Crippen molar-refractivity contribution in [3.63, 3.8) is 0 Å². The molecule has 0 aromatic rings. The summed E-state index contributed by atoms with van der Waals surface area (Å²) < 4.78 is 0. The Morgan fingerprint density at radius 1 is 0.800 bits per heavy atom. The Bertz CT molecular complexity index is 338. The fourth-order valence-corrected chi connectivity index (χ4v) is 3.85. The molecule has 0 saturated heterocycles. The zero-order valence-corrected chi connectivity index (χ0v) is 13.5. The summed E-state index contributed by atoms with van der Waals surface area (Å²) in [4.78, 5) is 0. The lowest BCUT2D eigenvalue weighted by Crippen LogP contribution is -2.12. The van der Waals surface area contributed by atoms with E-state index in [1.54, 1.807) is 0 Å². The summed E-state index contributed by atoms with van der Waals surface area (Å²) in [6.07, 6.45) is 18.4. The molecule has 0 heteroatoms. The average Bonchev–Trinajstić information content (AvgIpc) is 2.53. The number of hydrogen-bond donors (Lipinski definition) is 0. The molecular formula is C20H32. The lowest BCUT2D eigenvalue weighted by molar-refractivity contribution is 0.303. The van der Waals surface area contributed by atoms with Crippen LogP contribution in [0, 0.1) is 35.5 Å². The van der Waals surface area contributed by atoms with E-state index in [-0.39, 0.29) is 0 Å². The van der Waals surface area contributed by atoms with Gasteiger partial charge >= 0.3 is 0 Å². The number of rotatable bonds is 3. The summed E-state index contributed by atoms with van der Waals surface area (Å²) in [5, 5.41) is 0. The van der Waals surface area contributed by atoms with Crippen molar-refractivity contribution in [3.8, 4) is 11.8 Å². The van der Waals surface area contributed by atoms with Gasteiger partial charge in [0.25, 0.3) is 0 Å². The van der Waals surface area contributed by atoms with Gasteiger partial charge in [-0.2, -0.15) is 0 Å². The van der Waals surface area contributed by atoms with Crippen molar-refractivity contribution in [2.24, 2.45) is 23.7 Å². The highest BCUT2D eigenvalue weighted by Gasteiger charge is 2.18. The van der Waals surface area contributed by atoms with Crippen LogP contribution in [0.3, 0.4) is 0 Å². The normalized spacial score (nSPS) is 34.7. The standard InChI is InChI=1S/C20H32/c1-3-17-9-13-19(14-10-17)7-5-6-8-20-15-11-18(4-2)12-16-20/h5,7,17-20H,3-4,9-16H2,1-2H3/b7-5+/t17-,18-,19-,20-. The zero-order valence-electron chi connectivity index (χ0n) is 13.5. The maximum absolute atomic E-state index is 3.49. The molecule has 0 aliphatic heterocycles. The molecule has 0 aromatic carbocycles. The summed E-state index contributed by atoms with van der Waals surface area (Å²) in [7, 11) is 0. The molecule has 0 bridgehead atoms. The minimum atomic E-state index is 0.679. The first-order chi connectivity index (χ1) is 9.81. The highest BCUT2D eigenvalue weighted by molar-refractivity contribution is 5.18. The molecule has 0 radical (unpaired) electrons. The number of allylic oxidation sites excluding steroid dienone is 2. The molecule has 0 spiro atoms. The maximum atomic E-state index is 3.49. The van der Waals surface area contributed by atoms with Gasteiger partial charge < -0.3 is 0 Å². The van der Waals surface area contributed by atoms with Crippen molar-refractivity contribution in [2.45, 2.75) is 78.1 Å². The molecule has 0 aromatic heterocycles. The first-order valence-corrected chi connectivity index (χ1v) is 8.99. The molecule has 2 aliphatic carbocycles. The number of hydrogen-bond acceptors (Lipinski definition) is 0. The Labute approximate surface area is 126 Å². The van der Waals surface area contributed by atoms with Gasteiger partial charge in [0.2, 0.25) is 0 Å². The predicted octanol–water partition coefficient (Wildman–Crippen LogP) is 5.98. The third-order valence-corrected chi connectivity index (χ3v) is 5.63. The average molecular weight is 272 g/mol. The topological polar surface area (TPSA) is 0 Å². The van der Waals surface area contributed by atoms with E-state index in [0.29, 0.717) is 5.92 Å². The second kappa shape index (κ2) is 8.56. The summed E-state index contributed by atoms with van der Waals surface area (Å²) in [6, 6.07) is 0. The first kappa shape index (κ1) is 15.7. The van der Waals surface area contributed by atoms with E-state index in [1.807, 2.05) is 0 Å². The van der Waals surface area contributed by atoms with E-state index in [0.717, 1.165) is 17.8 Å². The van der Waals surface area contributed by atoms with E-state index in [9.17, 15) is 0 Å². The highest BCUT2D eigenvalue weighted by Crippen LogP contribution is 2.31. The van der Waals surface area contributed by atoms with E-state index < -0.39 is 0 Å². The second-order valence-corrected chi connectivity index (χ2v) is 6.96. The van der Waals surface area contributed by atoms with Gasteiger partial charge in [0, 0.05) is 5.92 Å². The quantitative estimate of drug-likeness (QED) is 0.554. The fourth-order valence-electron chi connectivity index (χ4n) is 3.85. The largest absolute Gasteiger partial charge is 0.0951 e. The van der Waals surface area contributed by atoms with Gasteiger partial charge in [-0.3, -0.25) is 0 Å². The third-order valence-electron chi connectivity index (χ3n) is 5.63. The van der Waals surface area contributed by atoms with Crippen molar-refractivity contribution in [3.05, 3.63) is 12.2 Å². The molecule has 0 heterocycles. The van der Waals surface area contributed by atoms with Crippen molar-refractivity contribution < 1.29 is 0 Å². The molecule has 0 unspecified atom stereocenters. The van der Waals surface area contributed by atoms with Crippen LogP contribution in [0.4, 0.5) is 0 Å². The van der Waals surface area contributed by atoms with Gasteiger partial charge in [0.05, 0.1) is 0 Å². The minimum absolute atomic E-state index is 0.679. The molecule has 2 aliphatic rings. The monoisotopic (exact) mass is 272 g/mol. The summed E-state index contributed by atoms with van der Waals surface area (Å²) >= 11 is 0. The third kappa shape index (κ3) is 5.01. The van der Waals surface area contributed by atoms with E-state index >= 15 is 0 Å². The van der Waals surface area contributed by atoms with E-state index in [1.165, 1.54) is 64.2 Å². The van der Waals surface area contributed by atoms with Crippen molar-refractivity contribution in [1.82, 2.24) is 0 Å². The van der Waals surface area contributed by atoms with Crippen LogP contribution < -0.4 is 0 Å². The van der Waals surface area contributed by atoms with Crippen LogP contribution in [0.25, 0.3) is 0 Å². The van der Waals surface area contributed by atoms with Gasteiger partial charge in [0.15, 0.2) is 0 Å². The van der Waals surface area contributed by atoms with Gasteiger partial charge in [-0.05, 0) is 75.2 Å². The molecule has 0 N–H and O–H groups in total. The van der Waals surface area contributed by atoms with Crippen molar-refractivity contribution >= 4 is 0 Å². The Kier molecular flexibility index (Phi) is 6.71. The Morgan fingerprint density at radius 3 is 1.90 bits per heavy atom. The van der Waals surface area contributed by atoms with Crippen LogP contribution in [-0.2, 0) is 0 Å². The van der Waals surface area contributed by atoms with Crippen LogP contribution in [0.2, 0.25) is 0 Å².